The summed E-state index contributed by atoms with van der Waals surface area (Å²) in [6, 6.07) is 5.94. The lowest BCUT2D eigenvalue weighted by atomic mass is 10.0. The van der Waals surface area contributed by atoms with Gasteiger partial charge in [-0.05, 0) is 30.9 Å². The third-order valence-electron chi connectivity index (χ3n) is 4.34. The fourth-order valence-electron chi connectivity index (χ4n) is 3.06. The van der Waals surface area contributed by atoms with Crippen molar-refractivity contribution in [1.29, 1.82) is 0 Å². The minimum atomic E-state index is -0.778. The molecule has 136 valence electrons. The van der Waals surface area contributed by atoms with Crippen LogP contribution in [0.15, 0.2) is 24.3 Å². The largest absolute Gasteiger partial charge is 0.385 e. The molecule has 0 radical (unpaired) electrons. The maximum absolute atomic E-state index is 12.9. The Bertz CT molecular complexity index is 622. The van der Waals surface area contributed by atoms with Crippen molar-refractivity contribution < 1.29 is 19.1 Å². The minimum absolute atomic E-state index is 0.172. The lowest BCUT2D eigenvalue weighted by Crippen LogP contribution is -2.50. The van der Waals surface area contributed by atoms with Crippen LogP contribution in [0.5, 0.6) is 0 Å². The highest BCUT2D eigenvalue weighted by Gasteiger charge is 2.43. The van der Waals surface area contributed by atoms with E-state index < -0.39 is 6.04 Å². The zero-order valence-electron chi connectivity index (χ0n) is 15.3. The van der Waals surface area contributed by atoms with Crippen LogP contribution in [-0.2, 0) is 9.53 Å². The Morgan fingerprint density at radius 3 is 2.20 bits per heavy atom. The Balaban J connectivity index is 2.25. The molecule has 0 spiro atoms. The third kappa shape index (κ3) is 4.07. The van der Waals surface area contributed by atoms with Crippen molar-refractivity contribution in [3.05, 3.63) is 35.4 Å². The van der Waals surface area contributed by atoms with E-state index in [0.717, 1.165) is 4.90 Å². The molecule has 0 N–H and O–H groups in total. The first-order valence-corrected chi connectivity index (χ1v) is 8.59. The molecule has 3 amide bonds. The number of carbonyl (C=O) groups is 3. The van der Waals surface area contributed by atoms with Gasteiger partial charge in [0.1, 0.15) is 6.04 Å². The van der Waals surface area contributed by atoms with Crippen molar-refractivity contribution in [2.45, 2.75) is 32.7 Å². The molecule has 0 fully saturated rings. The van der Waals surface area contributed by atoms with Crippen LogP contribution in [0.25, 0.3) is 0 Å². The maximum atomic E-state index is 12.9. The van der Waals surface area contributed by atoms with Gasteiger partial charge in [-0.2, -0.15) is 0 Å². The van der Waals surface area contributed by atoms with Crippen LogP contribution in [-0.4, -0.2) is 60.9 Å². The molecule has 1 atom stereocenters. The molecule has 0 aliphatic carbocycles. The Kier molecular flexibility index (Phi) is 6.31. The first-order chi connectivity index (χ1) is 11.9. The quantitative estimate of drug-likeness (QED) is 0.535. The number of hydrogen-bond acceptors (Lipinski definition) is 4. The van der Waals surface area contributed by atoms with E-state index in [4.69, 9.17) is 4.74 Å². The molecule has 6 nitrogen and oxygen atoms in total. The maximum Gasteiger partial charge on any atom is 0.262 e. The second-order valence-corrected chi connectivity index (χ2v) is 6.78. The second-order valence-electron chi connectivity index (χ2n) is 6.78. The fourth-order valence-corrected chi connectivity index (χ4v) is 3.06. The number of hydrogen-bond donors (Lipinski definition) is 0. The van der Waals surface area contributed by atoms with Gasteiger partial charge >= 0.3 is 0 Å². The minimum Gasteiger partial charge on any atom is -0.385 e. The monoisotopic (exact) mass is 346 g/mol. The Hall–Kier alpha value is -2.21. The van der Waals surface area contributed by atoms with E-state index in [1.165, 1.54) is 0 Å². The summed E-state index contributed by atoms with van der Waals surface area (Å²) in [4.78, 5) is 41.1. The SMILES string of the molecule is COCCCN(C)C(=O)C(CC(C)C)N1C(=O)c2ccccc2C1=O. The van der Waals surface area contributed by atoms with E-state index in [0.29, 0.717) is 37.1 Å². The van der Waals surface area contributed by atoms with E-state index in [-0.39, 0.29) is 23.6 Å². The number of carbonyl (C=O) groups excluding carboxylic acids is 3. The van der Waals surface area contributed by atoms with Crippen LogP contribution < -0.4 is 0 Å². The summed E-state index contributed by atoms with van der Waals surface area (Å²) in [6.07, 6.45) is 1.15. The summed E-state index contributed by atoms with van der Waals surface area (Å²) in [5, 5.41) is 0. The van der Waals surface area contributed by atoms with Gasteiger partial charge in [-0.15, -0.1) is 0 Å². The summed E-state index contributed by atoms with van der Waals surface area (Å²) in [6.45, 7) is 5.02. The van der Waals surface area contributed by atoms with Gasteiger partial charge in [0.15, 0.2) is 0 Å². The molecule has 25 heavy (non-hydrogen) atoms. The molecular weight excluding hydrogens is 320 g/mol. The molecule has 0 aromatic heterocycles. The van der Waals surface area contributed by atoms with Gasteiger partial charge in [0.05, 0.1) is 11.1 Å². The van der Waals surface area contributed by atoms with Crippen molar-refractivity contribution in [3.63, 3.8) is 0 Å². The van der Waals surface area contributed by atoms with Gasteiger partial charge in [-0.25, -0.2) is 0 Å². The Labute approximate surface area is 148 Å². The van der Waals surface area contributed by atoms with Crippen molar-refractivity contribution in [3.8, 4) is 0 Å². The molecule has 0 bridgehead atoms. The molecule has 0 saturated carbocycles. The van der Waals surface area contributed by atoms with Crippen LogP contribution in [0.3, 0.4) is 0 Å². The number of benzene rings is 1. The van der Waals surface area contributed by atoms with Crippen molar-refractivity contribution in [1.82, 2.24) is 9.80 Å². The van der Waals surface area contributed by atoms with Crippen molar-refractivity contribution >= 4 is 17.7 Å². The van der Waals surface area contributed by atoms with Crippen LogP contribution in [0.4, 0.5) is 0 Å². The molecular formula is C19H26N2O4. The smallest absolute Gasteiger partial charge is 0.262 e. The summed E-state index contributed by atoms with van der Waals surface area (Å²) < 4.78 is 5.02. The highest BCUT2D eigenvalue weighted by molar-refractivity contribution is 6.22. The Morgan fingerprint density at radius 2 is 1.72 bits per heavy atom. The molecule has 1 unspecified atom stereocenters. The number of amides is 3. The number of rotatable bonds is 8. The van der Waals surface area contributed by atoms with Gasteiger partial charge < -0.3 is 9.64 Å². The van der Waals surface area contributed by atoms with Gasteiger partial charge in [0.2, 0.25) is 5.91 Å². The number of ether oxygens (including phenoxy) is 1. The summed E-state index contributed by atoms with van der Waals surface area (Å²) >= 11 is 0. The van der Waals surface area contributed by atoms with Gasteiger partial charge in [-0.1, -0.05) is 26.0 Å². The van der Waals surface area contributed by atoms with Crippen LogP contribution in [0.2, 0.25) is 0 Å². The summed E-state index contributed by atoms with van der Waals surface area (Å²) in [5.41, 5.74) is 0.743. The zero-order valence-corrected chi connectivity index (χ0v) is 15.3. The molecule has 1 aliphatic rings. The molecule has 1 aliphatic heterocycles. The van der Waals surface area contributed by atoms with E-state index in [1.807, 2.05) is 13.8 Å². The van der Waals surface area contributed by atoms with Crippen molar-refractivity contribution in [2.24, 2.45) is 5.92 Å². The first-order valence-electron chi connectivity index (χ1n) is 8.59. The second kappa shape index (κ2) is 8.25. The van der Waals surface area contributed by atoms with E-state index in [9.17, 15) is 14.4 Å². The van der Waals surface area contributed by atoms with E-state index in [2.05, 4.69) is 0 Å². The van der Waals surface area contributed by atoms with Crippen molar-refractivity contribution in [2.75, 3.05) is 27.3 Å². The number of nitrogens with zero attached hydrogens (tertiary/aromatic N) is 2. The first kappa shape index (κ1) is 19.1. The van der Waals surface area contributed by atoms with Crippen LogP contribution >= 0.6 is 0 Å². The fraction of sp³-hybridized carbons (Fsp3) is 0.526. The summed E-state index contributed by atoms with van der Waals surface area (Å²) in [7, 11) is 3.31. The zero-order chi connectivity index (χ0) is 18.6. The number of imide groups is 1. The highest BCUT2D eigenvalue weighted by Crippen LogP contribution is 2.27. The normalized spacial score (nSPS) is 14.8. The number of methoxy groups -OCH3 is 1. The molecule has 1 aromatic rings. The third-order valence-corrected chi connectivity index (χ3v) is 4.34. The molecule has 6 heteroatoms. The Morgan fingerprint density at radius 1 is 1.16 bits per heavy atom. The average Bonchev–Trinajstić information content (AvgIpc) is 2.84. The highest BCUT2D eigenvalue weighted by atomic mass is 16.5. The molecule has 1 aromatic carbocycles. The predicted octanol–water partition coefficient (Wildman–Crippen LogP) is 2.19. The number of likely N-dealkylation sites (N-methyl/N-ethyl adjacent to an activating group) is 1. The topological polar surface area (TPSA) is 66.9 Å². The molecule has 1 heterocycles. The summed E-state index contributed by atoms with van der Waals surface area (Å²) in [5.74, 6) is -0.806. The predicted molar refractivity (Wildman–Crippen MR) is 94.3 cm³/mol. The molecule has 2 rings (SSSR count). The van der Waals surface area contributed by atoms with Crippen LogP contribution in [0, 0.1) is 5.92 Å². The van der Waals surface area contributed by atoms with Gasteiger partial charge in [0, 0.05) is 27.3 Å². The average molecular weight is 346 g/mol. The van der Waals surface area contributed by atoms with E-state index >= 15 is 0 Å². The van der Waals surface area contributed by atoms with Gasteiger partial charge in [0.25, 0.3) is 11.8 Å². The lowest BCUT2D eigenvalue weighted by Gasteiger charge is -2.30. The van der Waals surface area contributed by atoms with E-state index in [1.54, 1.807) is 43.3 Å². The standard InChI is InChI=1S/C19H26N2O4/c1-13(2)12-16(19(24)20(3)10-7-11-25-4)21-17(22)14-8-5-6-9-15(14)18(21)23/h5-6,8-9,13,16H,7,10-12H2,1-4H3. The van der Waals surface area contributed by atoms with Crippen LogP contribution in [0.1, 0.15) is 47.4 Å². The number of fused-ring (bicyclic) bond motifs is 1. The van der Waals surface area contributed by atoms with Gasteiger partial charge in [-0.3, -0.25) is 19.3 Å². The molecule has 0 saturated heterocycles. The lowest BCUT2D eigenvalue weighted by molar-refractivity contribution is -0.134.